The number of carbonyl (C=O) groups excluding carboxylic acids is 1. The van der Waals surface area contributed by atoms with Crippen LogP contribution in [-0.2, 0) is 17.8 Å². The van der Waals surface area contributed by atoms with Gasteiger partial charge in [0.1, 0.15) is 0 Å². The molecule has 0 saturated carbocycles. The van der Waals surface area contributed by atoms with E-state index in [9.17, 15) is 4.79 Å². The summed E-state index contributed by atoms with van der Waals surface area (Å²) in [5.74, 6) is 0.609. The van der Waals surface area contributed by atoms with Crippen molar-refractivity contribution in [1.29, 1.82) is 0 Å². The summed E-state index contributed by atoms with van der Waals surface area (Å²) >= 11 is 0. The predicted molar refractivity (Wildman–Crippen MR) is 86.9 cm³/mol. The zero-order chi connectivity index (χ0) is 15.9. The van der Waals surface area contributed by atoms with Crippen LogP contribution in [0.5, 0.6) is 5.88 Å². The highest BCUT2D eigenvalue weighted by Gasteiger charge is 2.05. The molecule has 116 valence electrons. The van der Waals surface area contributed by atoms with Gasteiger partial charge in [-0.05, 0) is 43.0 Å². The molecule has 1 aromatic carbocycles. The fourth-order valence-corrected chi connectivity index (χ4v) is 2.34. The fourth-order valence-electron chi connectivity index (χ4n) is 2.34. The Balaban J connectivity index is 1.82. The summed E-state index contributed by atoms with van der Waals surface area (Å²) in [7, 11) is 1.58. The number of methoxy groups -OCH3 is 1. The van der Waals surface area contributed by atoms with Crippen molar-refractivity contribution in [2.24, 2.45) is 0 Å². The number of rotatable bonds is 6. The number of benzene rings is 1. The molecule has 0 spiro atoms. The maximum Gasteiger partial charge on any atom is 0.220 e. The lowest BCUT2D eigenvalue weighted by Gasteiger charge is -2.08. The monoisotopic (exact) mass is 298 g/mol. The smallest absolute Gasteiger partial charge is 0.220 e. The lowest BCUT2D eigenvalue weighted by atomic mass is 10.0. The summed E-state index contributed by atoms with van der Waals surface area (Å²) in [5.41, 5.74) is 4.70. The number of nitrogens with one attached hydrogen (secondary N) is 1. The van der Waals surface area contributed by atoms with Crippen LogP contribution in [0, 0.1) is 13.8 Å². The molecule has 1 amide bonds. The molecule has 0 aliphatic carbocycles. The number of aryl methyl sites for hydroxylation is 3. The first-order valence-electron chi connectivity index (χ1n) is 7.40. The average Bonchev–Trinajstić information content (AvgIpc) is 2.52. The van der Waals surface area contributed by atoms with Gasteiger partial charge in [-0.25, -0.2) is 4.98 Å². The Bertz CT molecular complexity index is 653. The Hall–Kier alpha value is -2.36. The second-order valence-electron chi connectivity index (χ2n) is 5.41. The van der Waals surface area contributed by atoms with Gasteiger partial charge in [-0.3, -0.25) is 4.79 Å². The summed E-state index contributed by atoms with van der Waals surface area (Å²) in [5, 5.41) is 2.93. The van der Waals surface area contributed by atoms with Crippen LogP contribution in [0.25, 0.3) is 0 Å². The van der Waals surface area contributed by atoms with Crippen molar-refractivity contribution < 1.29 is 9.53 Å². The zero-order valence-electron chi connectivity index (χ0n) is 13.3. The quantitative estimate of drug-likeness (QED) is 0.892. The summed E-state index contributed by atoms with van der Waals surface area (Å²) in [6.45, 7) is 4.65. The van der Waals surface area contributed by atoms with Crippen LogP contribution in [0.3, 0.4) is 0 Å². The minimum absolute atomic E-state index is 0.0516. The van der Waals surface area contributed by atoms with Gasteiger partial charge in [-0.15, -0.1) is 0 Å². The van der Waals surface area contributed by atoms with E-state index in [2.05, 4.69) is 42.3 Å². The first-order valence-corrected chi connectivity index (χ1v) is 7.40. The van der Waals surface area contributed by atoms with Gasteiger partial charge in [0.05, 0.1) is 7.11 Å². The molecule has 22 heavy (non-hydrogen) atoms. The highest BCUT2D eigenvalue weighted by atomic mass is 16.5. The molecule has 0 radical (unpaired) electrons. The number of ether oxygens (including phenoxy) is 1. The number of pyridine rings is 1. The van der Waals surface area contributed by atoms with Crippen LogP contribution in [0.15, 0.2) is 36.5 Å². The van der Waals surface area contributed by atoms with Gasteiger partial charge < -0.3 is 10.1 Å². The van der Waals surface area contributed by atoms with Gasteiger partial charge in [0.15, 0.2) is 0 Å². The molecule has 0 fully saturated rings. The van der Waals surface area contributed by atoms with E-state index in [-0.39, 0.29) is 5.91 Å². The number of carbonyl (C=O) groups is 1. The van der Waals surface area contributed by atoms with Crippen LogP contribution in [0.4, 0.5) is 0 Å². The van der Waals surface area contributed by atoms with Crippen LogP contribution >= 0.6 is 0 Å². The lowest BCUT2D eigenvalue weighted by Crippen LogP contribution is -2.23. The number of nitrogens with zero attached hydrogens (tertiary/aromatic N) is 1. The highest BCUT2D eigenvalue weighted by molar-refractivity contribution is 5.76. The van der Waals surface area contributed by atoms with Crippen LogP contribution in [0.1, 0.15) is 28.7 Å². The van der Waals surface area contributed by atoms with E-state index in [1.807, 2.05) is 12.1 Å². The Morgan fingerprint density at radius 2 is 2.05 bits per heavy atom. The third kappa shape index (κ3) is 4.58. The van der Waals surface area contributed by atoms with E-state index in [0.29, 0.717) is 18.8 Å². The zero-order valence-corrected chi connectivity index (χ0v) is 13.3. The molecule has 0 unspecified atom stereocenters. The molecular weight excluding hydrogens is 276 g/mol. The van der Waals surface area contributed by atoms with E-state index < -0.39 is 0 Å². The molecular formula is C18H22N2O2. The average molecular weight is 298 g/mol. The fraction of sp³-hybridized carbons (Fsp3) is 0.333. The van der Waals surface area contributed by atoms with E-state index in [4.69, 9.17) is 4.74 Å². The molecule has 1 N–H and O–H groups in total. The third-order valence-electron chi connectivity index (χ3n) is 3.62. The number of hydrogen-bond acceptors (Lipinski definition) is 3. The van der Waals surface area contributed by atoms with Gasteiger partial charge in [0.2, 0.25) is 11.8 Å². The van der Waals surface area contributed by atoms with Crippen LogP contribution < -0.4 is 10.1 Å². The lowest BCUT2D eigenvalue weighted by molar-refractivity contribution is -0.121. The summed E-state index contributed by atoms with van der Waals surface area (Å²) in [6.07, 6.45) is 2.93. The molecule has 0 bridgehead atoms. The Morgan fingerprint density at radius 3 is 2.77 bits per heavy atom. The Morgan fingerprint density at radius 1 is 1.23 bits per heavy atom. The van der Waals surface area contributed by atoms with Crippen molar-refractivity contribution >= 4 is 5.91 Å². The SMILES string of the molecule is COc1cc(CNC(=O)CCc2ccc(C)cc2C)ccn1. The van der Waals surface area contributed by atoms with Crippen molar-refractivity contribution in [3.8, 4) is 5.88 Å². The second-order valence-corrected chi connectivity index (χ2v) is 5.41. The normalized spacial score (nSPS) is 10.3. The largest absolute Gasteiger partial charge is 0.481 e. The molecule has 0 atom stereocenters. The van der Waals surface area contributed by atoms with Gasteiger partial charge in [-0.2, -0.15) is 0 Å². The molecule has 2 aromatic rings. The van der Waals surface area contributed by atoms with Crippen molar-refractivity contribution in [3.05, 3.63) is 58.8 Å². The molecule has 1 aromatic heterocycles. The summed E-state index contributed by atoms with van der Waals surface area (Å²) in [6, 6.07) is 10.0. The number of hydrogen-bond donors (Lipinski definition) is 1. The standard InChI is InChI=1S/C18H22N2O2/c1-13-4-5-16(14(2)10-13)6-7-17(21)20-12-15-8-9-19-18(11-15)22-3/h4-5,8-11H,6-7,12H2,1-3H3,(H,20,21). The third-order valence-corrected chi connectivity index (χ3v) is 3.62. The van der Waals surface area contributed by atoms with Crippen LogP contribution in [0.2, 0.25) is 0 Å². The van der Waals surface area contributed by atoms with Crippen molar-refractivity contribution in [2.75, 3.05) is 7.11 Å². The van der Waals surface area contributed by atoms with Gasteiger partial charge >= 0.3 is 0 Å². The van der Waals surface area contributed by atoms with Crippen molar-refractivity contribution in [2.45, 2.75) is 33.2 Å². The number of amides is 1. The van der Waals surface area contributed by atoms with E-state index in [0.717, 1.165) is 12.0 Å². The summed E-state index contributed by atoms with van der Waals surface area (Å²) in [4.78, 5) is 16.0. The molecule has 4 heteroatoms. The van der Waals surface area contributed by atoms with E-state index in [1.54, 1.807) is 13.3 Å². The Labute approximate surface area is 131 Å². The minimum Gasteiger partial charge on any atom is -0.481 e. The second kappa shape index (κ2) is 7.59. The van der Waals surface area contributed by atoms with Gasteiger partial charge in [0.25, 0.3) is 0 Å². The minimum atomic E-state index is 0.0516. The van der Waals surface area contributed by atoms with E-state index in [1.165, 1.54) is 16.7 Å². The van der Waals surface area contributed by atoms with Crippen LogP contribution in [-0.4, -0.2) is 18.0 Å². The highest BCUT2D eigenvalue weighted by Crippen LogP contribution is 2.13. The van der Waals surface area contributed by atoms with Gasteiger partial charge in [0, 0.05) is 25.2 Å². The predicted octanol–water partition coefficient (Wildman–Crippen LogP) is 2.96. The molecule has 4 nitrogen and oxygen atoms in total. The van der Waals surface area contributed by atoms with Crippen molar-refractivity contribution in [3.63, 3.8) is 0 Å². The number of aromatic nitrogens is 1. The Kier molecular flexibility index (Phi) is 5.53. The first-order chi connectivity index (χ1) is 10.6. The van der Waals surface area contributed by atoms with Gasteiger partial charge in [-0.1, -0.05) is 23.8 Å². The van der Waals surface area contributed by atoms with E-state index >= 15 is 0 Å². The maximum absolute atomic E-state index is 12.0. The molecule has 0 aliphatic rings. The molecule has 2 rings (SSSR count). The molecule has 0 saturated heterocycles. The molecule has 1 heterocycles. The summed E-state index contributed by atoms with van der Waals surface area (Å²) < 4.78 is 5.07. The van der Waals surface area contributed by atoms with Crippen molar-refractivity contribution in [1.82, 2.24) is 10.3 Å². The molecule has 0 aliphatic heterocycles. The topological polar surface area (TPSA) is 51.2 Å². The first kappa shape index (κ1) is 16.0. The maximum atomic E-state index is 12.0.